The van der Waals surface area contributed by atoms with Gasteiger partial charge in [-0.15, -0.1) is 0 Å². The van der Waals surface area contributed by atoms with Gasteiger partial charge in [-0.2, -0.15) is 5.10 Å². The number of nitrogens with zero attached hydrogens (tertiary/aromatic N) is 1. The maximum Gasteiger partial charge on any atom is 0.275 e. The van der Waals surface area contributed by atoms with Gasteiger partial charge < -0.3 is 9.72 Å². The molecule has 0 aliphatic carbocycles. The molecule has 24 heavy (non-hydrogen) atoms. The van der Waals surface area contributed by atoms with E-state index in [0.717, 1.165) is 21.1 Å². The molecule has 0 bridgehead atoms. The van der Waals surface area contributed by atoms with Crippen LogP contribution in [0.3, 0.4) is 0 Å². The Morgan fingerprint density at radius 1 is 1.21 bits per heavy atom. The minimum Gasteiger partial charge on any atom is -0.496 e. The van der Waals surface area contributed by atoms with Gasteiger partial charge in [0.1, 0.15) is 5.75 Å². The van der Waals surface area contributed by atoms with Gasteiger partial charge in [-0.05, 0) is 37.3 Å². The number of para-hydroxylation sites is 1. The molecule has 1 heterocycles. The zero-order chi connectivity index (χ0) is 17.1. The summed E-state index contributed by atoms with van der Waals surface area (Å²) in [6.07, 6.45) is 0. The Balaban J connectivity index is 1.82. The summed E-state index contributed by atoms with van der Waals surface area (Å²) < 4.78 is 6.01. The van der Waals surface area contributed by atoms with Gasteiger partial charge in [0.05, 0.1) is 24.1 Å². The number of hydrogen-bond acceptors (Lipinski definition) is 3. The fourth-order valence-corrected chi connectivity index (χ4v) is 2.74. The number of rotatable bonds is 4. The highest BCUT2D eigenvalue weighted by molar-refractivity contribution is 9.10. The van der Waals surface area contributed by atoms with Crippen LogP contribution >= 0.6 is 15.9 Å². The summed E-state index contributed by atoms with van der Waals surface area (Å²) in [7, 11) is 1.53. The number of carbonyl (C=O) groups is 1. The summed E-state index contributed by atoms with van der Waals surface area (Å²) in [5.41, 5.74) is 5.57. The molecule has 0 radical (unpaired) electrons. The number of aromatic amines is 1. The molecule has 3 aromatic rings. The van der Waals surface area contributed by atoms with E-state index in [9.17, 15) is 4.79 Å². The van der Waals surface area contributed by atoms with Crippen LogP contribution in [0.1, 0.15) is 23.0 Å². The van der Waals surface area contributed by atoms with Crippen molar-refractivity contribution in [2.45, 2.75) is 6.92 Å². The fourth-order valence-electron chi connectivity index (χ4n) is 2.38. The predicted molar refractivity (Wildman–Crippen MR) is 98.7 cm³/mol. The molecule has 3 rings (SSSR count). The number of fused-ring (bicyclic) bond motifs is 1. The van der Waals surface area contributed by atoms with Crippen LogP contribution in [0.2, 0.25) is 0 Å². The van der Waals surface area contributed by atoms with Crippen LogP contribution in [0, 0.1) is 0 Å². The van der Waals surface area contributed by atoms with E-state index in [2.05, 4.69) is 31.4 Å². The number of aromatic nitrogens is 1. The Bertz CT molecular complexity index is 898. The van der Waals surface area contributed by atoms with E-state index < -0.39 is 0 Å². The quantitative estimate of drug-likeness (QED) is 0.524. The number of halogens is 1. The number of methoxy groups -OCH3 is 1. The van der Waals surface area contributed by atoms with Crippen molar-refractivity contribution in [2.75, 3.05) is 7.11 Å². The molecule has 0 aliphatic heterocycles. The van der Waals surface area contributed by atoms with Crippen LogP contribution in [0.25, 0.3) is 10.9 Å². The van der Waals surface area contributed by atoms with E-state index in [-0.39, 0.29) is 5.91 Å². The minimum absolute atomic E-state index is 0.330. The average molecular weight is 386 g/mol. The van der Waals surface area contributed by atoms with Gasteiger partial charge >= 0.3 is 0 Å². The fraction of sp³-hybridized carbons (Fsp3) is 0.111. The lowest BCUT2D eigenvalue weighted by molar-refractivity contribution is 0.0951. The number of nitrogens with one attached hydrogen (secondary N) is 2. The smallest absolute Gasteiger partial charge is 0.275 e. The van der Waals surface area contributed by atoms with E-state index in [1.54, 1.807) is 12.1 Å². The molecule has 0 atom stereocenters. The highest BCUT2D eigenvalue weighted by Crippen LogP contribution is 2.23. The third kappa shape index (κ3) is 3.33. The molecule has 6 heteroatoms. The van der Waals surface area contributed by atoms with Crippen LogP contribution < -0.4 is 10.2 Å². The van der Waals surface area contributed by atoms with E-state index in [4.69, 9.17) is 4.74 Å². The first-order valence-corrected chi connectivity index (χ1v) is 8.14. The second-order valence-electron chi connectivity index (χ2n) is 5.25. The number of hydrazone groups is 1. The molecule has 0 saturated carbocycles. The van der Waals surface area contributed by atoms with Crippen molar-refractivity contribution in [1.82, 2.24) is 10.4 Å². The monoisotopic (exact) mass is 385 g/mol. The summed E-state index contributed by atoms with van der Waals surface area (Å²) in [5, 5.41) is 5.29. The highest BCUT2D eigenvalue weighted by Gasteiger charge is 2.12. The van der Waals surface area contributed by atoms with Gasteiger partial charge in [0, 0.05) is 15.4 Å². The van der Waals surface area contributed by atoms with Crippen molar-refractivity contribution in [3.05, 3.63) is 64.3 Å². The van der Waals surface area contributed by atoms with Gasteiger partial charge in [0.2, 0.25) is 0 Å². The van der Waals surface area contributed by atoms with Crippen molar-refractivity contribution in [3.8, 4) is 5.75 Å². The zero-order valence-corrected chi connectivity index (χ0v) is 14.8. The topological polar surface area (TPSA) is 66.5 Å². The van der Waals surface area contributed by atoms with E-state index in [1.165, 1.54) is 7.11 Å². The van der Waals surface area contributed by atoms with Crippen molar-refractivity contribution < 1.29 is 9.53 Å². The van der Waals surface area contributed by atoms with E-state index in [0.29, 0.717) is 17.0 Å². The van der Waals surface area contributed by atoms with Gasteiger partial charge in [-0.1, -0.05) is 34.1 Å². The Morgan fingerprint density at radius 2 is 2.00 bits per heavy atom. The molecule has 122 valence electrons. The van der Waals surface area contributed by atoms with Crippen molar-refractivity contribution in [1.29, 1.82) is 0 Å². The molecule has 2 aromatic carbocycles. The average Bonchev–Trinajstić information content (AvgIpc) is 3.03. The largest absolute Gasteiger partial charge is 0.496 e. The molecule has 2 N–H and O–H groups in total. The lowest BCUT2D eigenvalue weighted by Gasteiger charge is -2.07. The van der Waals surface area contributed by atoms with E-state index >= 15 is 0 Å². The molecule has 0 aliphatic rings. The molecular formula is C18H16BrN3O2. The Morgan fingerprint density at radius 3 is 2.75 bits per heavy atom. The van der Waals surface area contributed by atoms with Gasteiger partial charge in [-0.25, -0.2) is 5.43 Å². The van der Waals surface area contributed by atoms with Crippen LogP contribution in [-0.2, 0) is 0 Å². The lowest BCUT2D eigenvalue weighted by Crippen LogP contribution is -2.20. The Kier molecular flexibility index (Phi) is 4.66. The third-order valence-electron chi connectivity index (χ3n) is 3.65. The van der Waals surface area contributed by atoms with Crippen molar-refractivity contribution in [3.63, 3.8) is 0 Å². The molecule has 0 saturated heterocycles. The van der Waals surface area contributed by atoms with Crippen LogP contribution in [-0.4, -0.2) is 23.7 Å². The first-order chi connectivity index (χ1) is 11.6. The number of carbonyl (C=O) groups excluding carboxylic acids is 1. The summed E-state index contributed by atoms with van der Waals surface area (Å²) in [4.78, 5) is 15.6. The molecule has 0 fully saturated rings. The first kappa shape index (κ1) is 16.3. The third-order valence-corrected chi connectivity index (χ3v) is 4.14. The molecule has 1 amide bonds. The van der Waals surface area contributed by atoms with Crippen LogP contribution in [0.5, 0.6) is 5.75 Å². The maximum absolute atomic E-state index is 12.4. The van der Waals surface area contributed by atoms with Crippen molar-refractivity contribution in [2.24, 2.45) is 5.10 Å². The molecular weight excluding hydrogens is 370 g/mol. The second-order valence-corrected chi connectivity index (χ2v) is 6.17. The Hall–Kier alpha value is -2.60. The number of ether oxygens (including phenoxy) is 1. The standard InChI is InChI=1S/C18H16BrN3O2/c1-11(16-9-12-5-3-4-6-15(12)20-16)21-22-18(23)14-10-13(19)7-8-17(14)24-2/h3-10,20H,1-2H3,(H,22,23). The predicted octanol–water partition coefficient (Wildman–Crippen LogP) is 4.09. The SMILES string of the molecule is COc1ccc(Br)cc1C(=O)NN=C(C)c1cc2ccccc2[nH]1. The van der Waals surface area contributed by atoms with Gasteiger partial charge in [-0.3, -0.25) is 4.79 Å². The van der Waals surface area contributed by atoms with Crippen LogP contribution in [0.4, 0.5) is 0 Å². The second kappa shape index (κ2) is 6.88. The zero-order valence-electron chi connectivity index (χ0n) is 13.3. The number of benzene rings is 2. The first-order valence-electron chi connectivity index (χ1n) is 7.35. The lowest BCUT2D eigenvalue weighted by atomic mass is 10.2. The summed E-state index contributed by atoms with van der Waals surface area (Å²) in [5.74, 6) is 0.165. The summed E-state index contributed by atoms with van der Waals surface area (Å²) in [6.45, 7) is 1.84. The molecule has 1 aromatic heterocycles. The molecule has 0 spiro atoms. The number of amides is 1. The normalized spacial score (nSPS) is 11.5. The number of hydrogen-bond donors (Lipinski definition) is 2. The minimum atomic E-state index is -0.330. The summed E-state index contributed by atoms with van der Waals surface area (Å²) in [6, 6.07) is 15.2. The van der Waals surface area contributed by atoms with Crippen LogP contribution in [0.15, 0.2) is 58.1 Å². The molecule has 5 nitrogen and oxygen atoms in total. The number of H-pyrrole nitrogens is 1. The van der Waals surface area contributed by atoms with Gasteiger partial charge in [0.25, 0.3) is 5.91 Å². The molecule has 0 unspecified atom stereocenters. The maximum atomic E-state index is 12.4. The van der Waals surface area contributed by atoms with Gasteiger partial charge in [0.15, 0.2) is 0 Å². The van der Waals surface area contributed by atoms with E-state index in [1.807, 2.05) is 43.3 Å². The summed E-state index contributed by atoms with van der Waals surface area (Å²) >= 11 is 3.35. The van der Waals surface area contributed by atoms with Crippen molar-refractivity contribution >= 4 is 38.5 Å². The Labute approximate surface area is 147 Å². The highest BCUT2D eigenvalue weighted by atomic mass is 79.9.